The van der Waals surface area contributed by atoms with Crippen LogP contribution in [0.25, 0.3) is 11.1 Å². The molecule has 2 aromatic carbocycles. The average Bonchev–Trinajstić information content (AvgIpc) is 2.61. The molecule has 0 radical (unpaired) electrons. The molecular weight excluding hydrogens is 347 g/mol. The largest absolute Gasteiger partial charge is 0.573 e. The highest BCUT2D eigenvalue weighted by atomic mass is 19.4. The lowest BCUT2D eigenvalue weighted by atomic mass is 10.0. The number of alkyl halides is 3. The summed E-state index contributed by atoms with van der Waals surface area (Å²) >= 11 is 0. The standard InChI is InChI=1S/C19H20F3NO3/c20-19(21,22)26-17-3-1-2-16(12-17)14-4-6-15(7-5-14)18(24)13-23-8-10-25-11-9-23/h1-7,12,18,24H,8-11,13H2. The summed E-state index contributed by atoms with van der Waals surface area (Å²) in [4.78, 5) is 2.14. The number of halogens is 3. The van der Waals surface area contributed by atoms with Crippen LogP contribution in [0.1, 0.15) is 11.7 Å². The third kappa shape index (κ3) is 5.20. The topological polar surface area (TPSA) is 41.9 Å². The van der Waals surface area contributed by atoms with E-state index in [-0.39, 0.29) is 5.75 Å². The van der Waals surface area contributed by atoms with Crippen molar-refractivity contribution in [3.05, 3.63) is 54.1 Å². The van der Waals surface area contributed by atoms with Crippen molar-refractivity contribution >= 4 is 0 Å². The molecule has 4 nitrogen and oxygen atoms in total. The van der Waals surface area contributed by atoms with Crippen LogP contribution in [-0.4, -0.2) is 49.2 Å². The molecule has 1 N–H and O–H groups in total. The van der Waals surface area contributed by atoms with Gasteiger partial charge in [0, 0.05) is 19.6 Å². The molecular formula is C19H20F3NO3. The van der Waals surface area contributed by atoms with E-state index in [1.807, 2.05) is 0 Å². The van der Waals surface area contributed by atoms with Crippen molar-refractivity contribution in [2.75, 3.05) is 32.8 Å². The molecule has 0 saturated carbocycles. The second kappa shape index (κ2) is 8.07. The molecule has 0 aromatic heterocycles. The monoisotopic (exact) mass is 367 g/mol. The zero-order chi connectivity index (χ0) is 18.6. The minimum absolute atomic E-state index is 0.258. The summed E-state index contributed by atoms with van der Waals surface area (Å²) in [6, 6.07) is 13.0. The van der Waals surface area contributed by atoms with Gasteiger partial charge in [0.2, 0.25) is 0 Å². The summed E-state index contributed by atoms with van der Waals surface area (Å²) in [5, 5.41) is 10.4. The molecule has 7 heteroatoms. The van der Waals surface area contributed by atoms with E-state index < -0.39 is 12.5 Å². The van der Waals surface area contributed by atoms with Gasteiger partial charge in [-0.25, -0.2) is 0 Å². The van der Waals surface area contributed by atoms with Crippen molar-refractivity contribution in [2.45, 2.75) is 12.5 Å². The zero-order valence-corrected chi connectivity index (χ0v) is 14.1. The third-order valence-electron chi connectivity index (χ3n) is 4.23. The SMILES string of the molecule is OC(CN1CCOCC1)c1ccc(-c2cccc(OC(F)(F)F)c2)cc1. The van der Waals surface area contributed by atoms with E-state index in [1.165, 1.54) is 18.2 Å². The first-order valence-corrected chi connectivity index (χ1v) is 8.35. The summed E-state index contributed by atoms with van der Waals surface area (Å²) < 4.78 is 46.3. The molecule has 0 amide bonds. The number of aliphatic hydroxyl groups is 1. The van der Waals surface area contributed by atoms with Gasteiger partial charge in [0.15, 0.2) is 0 Å². The second-order valence-electron chi connectivity index (χ2n) is 6.13. The maximum absolute atomic E-state index is 12.3. The number of ether oxygens (including phenoxy) is 2. The van der Waals surface area contributed by atoms with Crippen LogP contribution >= 0.6 is 0 Å². The minimum Gasteiger partial charge on any atom is -0.406 e. The molecule has 1 aliphatic heterocycles. The highest BCUT2D eigenvalue weighted by molar-refractivity contribution is 5.65. The fourth-order valence-electron chi connectivity index (χ4n) is 2.90. The van der Waals surface area contributed by atoms with Crippen molar-refractivity contribution in [1.82, 2.24) is 4.90 Å². The Labute approximate surface area is 149 Å². The van der Waals surface area contributed by atoms with Gasteiger partial charge in [0.05, 0.1) is 19.3 Å². The molecule has 1 unspecified atom stereocenters. The molecule has 0 bridgehead atoms. The molecule has 26 heavy (non-hydrogen) atoms. The van der Waals surface area contributed by atoms with Crippen LogP contribution in [0.4, 0.5) is 13.2 Å². The third-order valence-corrected chi connectivity index (χ3v) is 4.23. The van der Waals surface area contributed by atoms with Crippen LogP contribution in [0.15, 0.2) is 48.5 Å². The molecule has 0 spiro atoms. The molecule has 1 fully saturated rings. The fraction of sp³-hybridized carbons (Fsp3) is 0.368. The Bertz CT molecular complexity index is 713. The van der Waals surface area contributed by atoms with Gasteiger partial charge >= 0.3 is 6.36 Å². The number of nitrogens with zero attached hydrogens (tertiary/aromatic N) is 1. The van der Waals surface area contributed by atoms with Crippen molar-refractivity contribution in [1.29, 1.82) is 0 Å². The van der Waals surface area contributed by atoms with Gasteiger partial charge in [0.25, 0.3) is 0 Å². The summed E-state index contributed by atoms with van der Waals surface area (Å²) in [6.45, 7) is 3.45. The van der Waals surface area contributed by atoms with E-state index in [4.69, 9.17) is 4.74 Å². The molecule has 2 aromatic rings. The first-order chi connectivity index (χ1) is 12.4. The van der Waals surface area contributed by atoms with E-state index in [9.17, 15) is 18.3 Å². The normalized spacial score (nSPS) is 17.1. The van der Waals surface area contributed by atoms with Crippen LogP contribution in [0.3, 0.4) is 0 Å². The number of rotatable bonds is 5. The Kier molecular flexibility index (Phi) is 5.80. The van der Waals surface area contributed by atoms with Gasteiger partial charge in [0.1, 0.15) is 5.75 Å². The van der Waals surface area contributed by atoms with Crippen LogP contribution in [-0.2, 0) is 4.74 Å². The Balaban J connectivity index is 1.68. The van der Waals surface area contributed by atoms with Crippen molar-refractivity contribution in [3.63, 3.8) is 0 Å². The average molecular weight is 367 g/mol. The van der Waals surface area contributed by atoms with Crippen LogP contribution in [0, 0.1) is 0 Å². The second-order valence-corrected chi connectivity index (χ2v) is 6.13. The lowest BCUT2D eigenvalue weighted by molar-refractivity contribution is -0.274. The van der Waals surface area contributed by atoms with E-state index >= 15 is 0 Å². The maximum Gasteiger partial charge on any atom is 0.573 e. The van der Waals surface area contributed by atoms with Gasteiger partial charge in [-0.1, -0.05) is 36.4 Å². The Morgan fingerprint density at radius 2 is 1.73 bits per heavy atom. The summed E-state index contributed by atoms with van der Waals surface area (Å²) in [5.41, 5.74) is 2.13. The van der Waals surface area contributed by atoms with Crippen molar-refractivity contribution in [3.8, 4) is 16.9 Å². The van der Waals surface area contributed by atoms with E-state index in [0.717, 1.165) is 24.2 Å². The quantitative estimate of drug-likeness (QED) is 0.877. The molecule has 1 atom stereocenters. The number of aliphatic hydroxyl groups excluding tert-OH is 1. The fourth-order valence-corrected chi connectivity index (χ4v) is 2.90. The predicted molar refractivity (Wildman–Crippen MR) is 90.8 cm³/mol. The Morgan fingerprint density at radius 1 is 1.04 bits per heavy atom. The first kappa shape index (κ1) is 18.7. The first-order valence-electron chi connectivity index (χ1n) is 8.35. The van der Waals surface area contributed by atoms with Crippen molar-refractivity contribution < 1.29 is 27.8 Å². The molecule has 0 aliphatic carbocycles. The molecule has 1 aliphatic rings. The highest BCUT2D eigenvalue weighted by Crippen LogP contribution is 2.28. The zero-order valence-electron chi connectivity index (χ0n) is 14.1. The number of benzene rings is 2. The molecule has 140 valence electrons. The molecule has 3 rings (SSSR count). The minimum atomic E-state index is -4.72. The van der Waals surface area contributed by atoms with Gasteiger partial charge in [-0.05, 0) is 28.8 Å². The summed E-state index contributed by atoms with van der Waals surface area (Å²) in [6.07, 6.45) is -5.34. The molecule has 1 saturated heterocycles. The highest BCUT2D eigenvalue weighted by Gasteiger charge is 2.31. The van der Waals surface area contributed by atoms with Crippen molar-refractivity contribution in [2.24, 2.45) is 0 Å². The van der Waals surface area contributed by atoms with Gasteiger partial charge in [-0.3, -0.25) is 4.90 Å². The Hall–Kier alpha value is -2.09. The predicted octanol–water partition coefficient (Wildman–Crippen LogP) is 3.62. The number of hydrogen-bond acceptors (Lipinski definition) is 4. The number of hydrogen-bond donors (Lipinski definition) is 1. The van der Waals surface area contributed by atoms with Crippen LogP contribution in [0.2, 0.25) is 0 Å². The number of morpholine rings is 1. The van der Waals surface area contributed by atoms with E-state index in [1.54, 1.807) is 30.3 Å². The van der Waals surface area contributed by atoms with Crippen LogP contribution < -0.4 is 4.74 Å². The summed E-state index contributed by atoms with van der Waals surface area (Å²) in [5.74, 6) is -0.258. The van der Waals surface area contributed by atoms with Gasteiger partial charge in [-0.15, -0.1) is 13.2 Å². The number of β-amino-alcohol motifs (C(OH)–C–C–N with tert-alkyl or cyclic N) is 1. The lowest BCUT2D eigenvalue weighted by Crippen LogP contribution is -2.38. The maximum atomic E-state index is 12.3. The smallest absolute Gasteiger partial charge is 0.406 e. The molecule has 1 heterocycles. The lowest BCUT2D eigenvalue weighted by Gasteiger charge is -2.28. The Morgan fingerprint density at radius 3 is 2.38 bits per heavy atom. The van der Waals surface area contributed by atoms with Crippen LogP contribution in [0.5, 0.6) is 5.75 Å². The van der Waals surface area contributed by atoms with E-state index in [0.29, 0.717) is 25.3 Å². The van der Waals surface area contributed by atoms with E-state index in [2.05, 4.69) is 9.64 Å². The van der Waals surface area contributed by atoms with Gasteiger partial charge in [-0.2, -0.15) is 0 Å². The van der Waals surface area contributed by atoms with Gasteiger partial charge < -0.3 is 14.6 Å². The summed E-state index contributed by atoms with van der Waals surface area (Å²) in [7, 11) is 0.